The number of carbonyl (C=O) groups is 1. The van der Waals surface area contributed by atoms with Crippen molar-refractivity contribution in [2.75, 3.05) is 0 Å². The molecule has 144 valence electrons. The van der Waals surface area contributed by atoms with Crippen LogP contribution in [0.25, 0.3) is 0 Å². The summed E-state index contributed by atoms with van der Waals surface area (Å²) in [5.74, 6) is 0.572. The standard InChI is InChI=1S/C24H24ClNO2/c1-2-23(28-22-15-9-14-21(25)16-22)24(27)26(17-19-10-5-3-6-11-19)18-20-12-7-4-8-13-20/h3-16,23H,2,17-18H2,1H3/t23-/m0/s1. The number of benzene rings is 3. The lowest BCUT2D eigenvalue weighted by atomic mass is 10.1. The molecule has 4 heteroatoms. The average Bonchev–Trinajstić information content (AvgIpc) is 2.72. The second-order valence-corrected chi connectivity index (χ2v) is 7.07. The van der Waals surface area contributed by atoms with Crippen molar-refractivity contribution in [1.82, 2.24) is 4.90 Å². The molecule has 3 rings (SSSR count). The second kappa shape index (κ2) is 9.95. The van der Waals surface area contributed by atoms with Crippen molar-refractivity contribution in [3.63, 3.8) is 0 Å². The maximum absolute atomic E-state index is 13.3. The Hall–Kier alpha value is -2.78. The first-order valence-corrected chi connectivity index (χ1v) is 9.82. The fraction of sp³-hybridized carbons (Fsp3) is 0.208. The minimum absolute atomic E-state index is 0.0322. The van der Waals surface area contributed by atoms with Gasteiger partial charge in [-0.05, 0) is 35.7 Å². The topological polar surface area (TPSA) is 29.5 Å². The lowest BCUT2D eigenvalue weighted by molar-refractivity contribution is -0.140. The van der Waals surface area contributed by atoms with Crippen LogP contribution in [0.1, 0.15) is 24.5 Å². The summed E-state index contributed by atoms with van der Waals surface area (Å²) in [5, 5.41) is 0.588. The van der Waals surface area contributed by atoms with Gasteiger partial charge in [-0.1, -0.05) is 85.3 Å². The molecule has 3 aromatic rings. The highest BCUT2D eigenvalue weighted by Crippen LogP contribution is 2.21. The molecule has 0 N–H and O–H groups in total. The number of hydrogen-bond acceptors (Lipinski definition) is 2. The van der Waals surface area contributed by atoms with E-state index in [4.69, 9.17) is 16.3 Å². The Morgan fingerprint density at radius 1 is 0.893 bits per heavy atom. The van der Waals surface area contributed by atoms with E-state index in [1.54, 1.807) is 12.1 Å². The van der Waals surface area contributed by atoms with Crippen molar-refractivity contribution in [2.45, 2.75) is 32.5 Å². The van der Waals surface area contributed by atoms with Gasteiger partial charge in [0, 0.05) is 18.1 Å². The maximum atomic E-state index is 13.3. The molecule has 0 saturated carbocycles. The van der Waals surface area contributed by atoms with E-state index in [1.165, 1.54) is 0 Å². The van der Waals surface area contributed by atoms with Crippen LogP contribution in [0.15, 0.2) is 84.9 Å². The minimum Gasteiger partial charge on any atom is -0.481 e. The van der Waals surface area contributed by atoms with Crippen molar-refractivity contribution in [2.24, 2.45) is 0 Å². The van der Waals surface area contributed by atoms with Crippen LogP contribution in [-0.4, -0.2) is 16.9 Å². The fourth-order valence-corrected chi connectivity index (χ4v) is 3.22. The van der Waals surface area contributed by atoms with Gasteiger partial charge >= 0.3 is 0 Å². The predicted molar refractivity (Wildman–Crippen MR) is 113 cm³/mol. The van der Waals surface area contributed by atoms with Crippen molar-refractivity contribution >= 4 is 17.5 Å². The minimum atomic E-state index is -0.564. The van der Waals surface area contributed by atoms with Crippen LogP contribution in [0.4, 0.5) is 0 Å². The second-order valence-electron chi connectivity index (χ2n) is 6.64. The molecule has 0 saturated heterocycles. The zero-order valence-corrected chi connectivity index (χ0v) is 16.7. The number of hydrogen-bond donors (Lipinski definition) is 0. The molecule has 3 aromatic carbocycles. The molecule has 1 amide bonds. The lowest BCUT2D eigenvalue weighted by Gasteiger charge is -2.28. The largest absolute Gasteiger partial charge is 0.481 e. The molecule has 0 spiro atoms. The molecule has 0 aromatic heterocycles. The number of ether oxygens (including phenoxy) is 1. The van der Waals surface area contributed by atoms with E-state index < -0.39 is 6.10 Å². The Morgan fingerprint density at radius 2 is 1.46 bits per heavy atom. The van der Waals surface area contributed by atoms with Gasteiger partial charge in [0.05, 0.1) is 0 Å². The third-order valence-corrected chi connectivity index (χ3v) is 4.70. The Bertz CT molecular complexity index is 842. The SMILES string of the molecule is CC[C@H](Oc1cccc(Cl)c1)C(=O)N(Cc1ccccc1)Cc1ccccc1. The summed E-state index contributed by atoms with van der Waals surface area (Å²) in [6, 6.07) is 27.2. The molecular formula is C24H24ClNO2. The van der Waals surface area contributed by atoms with Crippen LogP contribution in [-0.2, 0) is 17.9 Å². The highest BCUT2D eigenvalue weighted by Gasteiger charge is 2.25. The summed E-state index contributed by atoms with van der Waals surface area (Å²) >= 11 is 6.05. The first-order valence-electron chi connectivity index (χ1n) is 9.44. The summed E-state index contributed by atoms with van der Waals surface area (Å²) in [7, 11) is 0. The van der Waals surface area contributed by atoms with Crippen molar-refractivity contribution < 1.29 is 9.53 Å². The van der Waals surface area contributed by atoms with Gasteiger partial charge in [-0.15, -0.1) is 0 Å². The van der Waals surface area contributed by atoms with Gasteiger partial charge in [0.25, 0.3) is 5.91 Å². The van der Waals surface area contributed by atoms with E-state index in [9.17, 15) is 4.79 Å². The van der Waals surface area contributed by atoms with Crippen LogP contribution in [0, 0.1) is 0 Å². The van der Waals surface area contributed by atoms with Gasteiger partial charge in [-0.3, -0.25) is 4.79 Å². The van der Waals surface area contributed by atoms with E-state index in [-0.39, 0.29) is 5.91 Å². The zero-order chi connectivity index (χ0) is 19.8. The van der Waals surface area contributed by atoms with E-state index in [2.05, 4.69) is 0 Å². The first-order chi connectivity index (χ1) is 13.7. The quantitative estimate of drug-likeness (QED) is 0.489. The van der Waals surface area contributed by atoms with Gasteiger partial charge in [0.15, 0.2) is 6.10 Å². The third-order valence-electron chi connectivity index (χ3n) is 4.46. The van der Waals surface area contributed by atoms with Crippen molar-refractivity contribution in [3.8, 4) is 5.75 Å². The molecule has 0 bridgehead atoms. The van der Waals surface area contributed by atoms with E-state index in [0.717, 1.165) is 11.1 Å². The number of halogens is 1. The highest BCUT2D eigenvalue weighted by atomic mass is 35.5. The molecule has 0 heterocycles. The monoisotopic (exact) mass is 393 g/mol. The molecule has 3 nitrogen and oxygen atoms in total. The number of amides is 1. The lowest BCUT2D eigenvalue weighted by Crippen LogP contribution is -2.41. The first kappa shape index (κ1) is 20.0. The summed E-state index contributed by atoms with van der Waals surface area (Å²) in [5.41, 5.74) is 2.17. The van der Waals surface area contributed by atoms with Crippen LogP contribution >= 0.6 is 11.6 Å². The maximum Gasteiger partial charge on any atom is 0.264 e. The third kappa shape index (κ3) is 5.61. The van der Waals surface area contributed by atoms with Gasteiger partial charge in [-0.2, -0.15) is 0 Å². The molecule has 0 aliphatic heterocycles. The smallest absolute Gasteiger partial charge is 0.264 e. The summed E-state index contributed by atoms with van der Waals surface area (Å²) in [6.07, 6.45) is 0.0108. The summed E-state index contributed by atoms with van der Waals surface area (Å²) in [6.45, 7) is 3.02. The van der Waals surface area contributed by atoms with E-state index >= 15 is 0 Å². The Labute approximate surface area is 171 Å². The van der Waals surface area contributed by atoms with Crippen molar-refractivity contribution in [3.05, 3.63) is 101 Å². The van der Waals surface area contributed by atoms with Crippen LogP contribution < -0.4 is 4.74 Å². The Balaban J connectivity index is 1.80. The Morgan fingerprint density at radius 3 is 1.96 bits per heavy atom. The van der Waals surface area contributed by atoms with Gasteiger partial charge < -0.3 is 9.64 Å². The summed E-state index contributed by atoms with van der Waals surface area (Å²) in [4.78, 5) is 15.2. The van der Waals surface area contributed by atoms with E-state index in [1.807, 2.05) is 84.6 Å². The van der Waals surface area contributed by atoms with Gasteiger partial charge in [-0.25, -0.2) is 0 Å². The normalized spacial score (nSPS) is 11.6. The molecular weight excluding hydrogens is 370 g/mol. The predicted octanol–water partition coefficient (Wildman–Crippen LogP) is 5.73. The molecule has 0 radical (unpaired) electrons. The molecule has 0 unspecified atom stereocenters. The summed E-state index contributed by atoms with van der Waals surface area (Å²) < 4.78 is 5.99. The highest BCUT2D eigenvalue weighted by molar-refractivity contribution is 6.30. The average molecular weight is 394 g/mol. The number of carbonyl (C=O) groups excluding carboxylic acids is 1. The molecule has 0 aliphatic rings. The molecule has 28 heavy (non-hydrogen) atoms. The van der Waals surface area contributed by atoms with E-state index in [0.29, 0.717) is 30.3 Å². The molecule has 1 atom stereocenters. The molecule has 0 fully saturated rings. The number of rotatable bonds is 8. The number of nitrogens with zero attached hydrogens (tertiary/aromatic N) is 1. The fourth-order valence-electron chi connectivity index (χ4n) is 3.04. The van der Waals surface area contributed by atoms with Crippen molar-refractivity contribution in [1.29, 1.82) is 0 Å². The van der Waals surface area contributed by atoms with Crippen LogP contribution in [0.3, 0.4) is 0 Å². The van der Waals surface area contributed by atoms with Crippen LogP contribution in [0.5, 0.6) is 5.75 Å². The van der Waals surface area contributed by atoms with Crippen LogP contribution in [0.2, 0.25) is 5.02 Å². The molecule has 0 aliphatic carbocycles. The van der Waals surface area contributed by atoms with Gasteiger partial charge in [0.2, 0.25) is 0 Å². The zero-order valence-electron chi connectivity index (χ0n) is 15.9. The Kier molecular flexibility index (Phi) is 7.10. The van der Waals surface area contributed by atoms with Gasteiger partial charge in [0.1, 0.15) is 5.75 Å².